The van der Waals surface area contributed by atoms with E-state index in [0.29, 0.717) is 12.2 Å². The van der Waals surface area contributed by atoms with Crippen molar-refractivity contribution in [2.75, 3.05) is 5.32 Å². The van der Waals surface area contributed by atoms with Gasteiger partial charge in [-0.2, -0.15) is 0 Å². The third-order valence-corrected chi connectivity index (χ3v) is 8.18. The number of anilines is 1. The molecule has 0 saturated heterocycles. The molecule has 2 aromatic carbocycles. The normalized spacial score (nSPS) is 27.0. The Bertz CT molecular complexity index is 1150. The Labute approximate surface area is 200 Å². The standard InChI is InChI=1S/C29H31N3O2/c33-24-8-6-23(7-9-24)26-18-30-28(32-27(34)13-19-4-2-1-3-5-19)25(31-26)17-29-14-20-10-21(15-29)12-22(11-20)16-29/h1-9,18,20-22,33H,10-17H2,(H,30,32,34). The second kappa shape index (κ2) is 8.53. The first-order valence-electron chi connectivity index (χ1n) is 12.5. The van der Waals surface area contributed by atoms with Crippen LogP contribution in [0.2, 0.25) is 0 Å². The van der Waals surface area contributed by atoms with E-state index in [2.05, 4.69) is 5.32 Å². The van der Waals surface area contributed by atoms with Crippen LogP contribution in [-0.4, -0.2) is 21.0 Å². The molecule has 7 rings (SSSR count). The Kier molecular flexibility index (Phi) is 5.35. The molecule has 0 radical (unpaired) electrons. The summed E-state index contributed by atoms with van der Waals surface area (Å²) >= 11 is 0. The summed E-state index contributed by atoms with van der Waals surface area (Å²) in [5.41, 5.74) is 3.86. The van der Waals surface area contributed by atoms with Gasteiger partial charge in [0.15, 0.2) is 5.82 Å². The van der Waals surface area contributed by atoms with Crippen LogP contribution in [0, 0.1) is 23.2 Å². The number of rotatable bonds is 6. The summed E-state index contributed by atoms with van der Waals surface area (Å²) in [6.45, 7) is 0. The maximum atomic E-state index is 12.9. The zero-order valence-electron chi connectivity index (χ0n) is 19.4. The van der Waals surface area contributed by atoms with Gasteiger partial charge in [0.2, 0.25) is 5.91 Å². The number of phenolic OH excluding ortho intramolecular Hbond substituents is 1. The number of nitrogens with one attached hydrogen (secondary N) is 1. The number of hydrogen-bond acceptors (Lipinski definition) is 4. The molecule has 4 bridgehead atoms. The van der Waals surface area contributed by atoms with E-state index in [-0.39, 0.29) is 17.1 Å². The Morgan fingerprint density at radius 1 is 0.941 bits per heavy atom. The van der Waals surface area contributed by atoms with E-state index in [4.69, 9.17) is 9.97 Å². The first kappa shape index (κ1) is 21.3. The maximum absolute atomic E-state index is 12.9. The van der Waals surface area contributed by atoms with Crippen LogP contribution >= 0.6 is 0 Å². The number of benzene rings is 2. The predicted octanol–water partition coefficient (Wildman–Crippen LogP) is 5.79. The molecular formula is C29H31N3O2. The number of hydrogen-bond donors (Lipinski definition) is 2. The Morgan fingerprint density at radius 2 is 1.59 bits per heavy atom. The quantitative estimate of drug-likeness (QED) is 0.495. The SMILES string of the molecule is O=C(Cc1ccccc1)Nc1ncc(-c2ccc(O)cc2)nc1CC12CC3CC(CC(C3)C1)C2. The molecule has 4 fully saturated rings. The summed E-state index contributed by atoms with van der Waals surface area (Å²) in [5, 5.41) is 12.8. The Hall–Kier alpha value is -3.21. The van der Waals surface area contributed by atoms with Crippen molar-refractivity contribution in [1.29, 1.82) is 0 Å². The lowest BCUT2D eigenvalue weighted by Gasteiger charge is -2.57. The van der Waals surface area contributed by atoms with Crippen molar-refractivity contribution < 1.29 is 9.90 Å². The van der Waals surface area contributed by atoms with Gasteiger partial charge in [-0.3, -0.25) is 4.79 Å². The maximum Gasteiger partial charge on any atom is 0.229 e. The van der Waals surface area contributed by atoms with E-state index >= 15 is 0 Å². The third kappa shape index (κ3) is 4.31. The second-order valence-corrected chi connectivity index (χ2v) is 10.9. The molecule has 34 heavy (non-hydrogen) atoms. The fourth-order valence-electron chi connectivity index (χ4n) is 7.25. The molecule has 5 nitrogen and oxygen atoms in total. The van der Waals surface area contributed by atoms with Crippen LogP contribution in [0.4, 0.5) is 5.82 Å². The van der Waals surface area contributed by atoms with Gasteiger partial charge >= 0.3 is 0 Å². The zero-order valence-corrected chi connectivity index (χ0v) is 19.4. The number of carbonyl (C=O) groups excluding carboxylic acids is 1. The summed E-state index contributed by atoms with van der Waals surface area (Å²) in [4.78, 5) is 22.6. The minimum atomic E-state index is -0.0651. The fourth-order valence-corrected chi connectivity index (χ4v) is 7.25. The van der Waals surface area contributed by atoms with E-state index in [1.54, 1.807) is 18.3 Å². The van der Waals surface area contributed by atoms with E-state index in [1.165, 1.54) is 38.5 Å². The molecule has 3 aromatic rings. The average molecular weight is 454 g/mol. The van der Waals surface area contributed by atoms with Crippen LogP contribution in [0.15, 0.2) is 60.8 Å². The summed E-state index contributed by atoms with van der Waals surface area (Å²) in [6, 6.07) is 16.9. The molecule has 4 saturated carbocycles. The van der Waals surface area contributed by atoms with Gasteiger partial charge in [0.25, 0.3) is 0 Å². The molecule has 0 spiro atoms. The summed E-state index contributed by atoms with van der Waals surface area (Å²) < 4.78 is 0. The number of nitrogens with zero attached hydrogens (tertiary/aromatic N) is 2. The first-order chi connectivity index (χ1) is 16.5. The molecular weight excluding hydrogens is 422 g/mol. The van der Waals surface area contributed by atoms with Crippen molar-refractivity contribution in [2.24, 2.45) is 23.2 Å². The molecule has 1 aromatic heterocycles. The van der Waals surface area contributed by atoms with Crippen molar-refractivity contribution in [1.82, 2.24) is 9.97 Å². The van der Waals surface area contributed by atoms with Crippen molar-refractivity contribution in [3.8, 4) is 17.0 Å². The molecule has 2 N–H and O–H groups in total. The van der Waals surface area contributed by atoms with Gasteiger partial charge in [-0.05, 0) is 97.9 Å². The van der Waals surface area contributed by atoms with Crippen LogP contribution in [0.25, 0.3) is 11.3 Å². The molecule has 0 atom stereocenters. The van der Waals surface area contributed by atoms with Gasteiger partial charge in [0.1, 0.15) is 5.75 Å². The lowest BCUT2D eigenvalue weighted by molar-refractivity contribution is -0.115. The van der Waals surface area contributed by atoms with Crippen molar-refractivity contribution in [3.05, 3.63) is 72.1 Å². The van der Waals surface area contributed by atoms with Gasteiger partial charge in [-0.1, -0.05) is 30.3 Å². The van der Waals surface area contributed by atoms with Crippen LogP contribution in [0.3, 0.4) is 0 Å². The number of amides is 1. The average Bonchev–Trinajstić information content (AvgIpc) is 2.80. The van der Waals surface area contributed by atoms with Crippen LogP contribution in [-0.2, 0) is 17.6 Å². The van der Waals surface area contributed by atoms with Crippen molar-refractivity contribution >= 4 is 11.7 Å². The van der Waals surface area contributed by atoms with Gasteiger partial charge in [-0.15, -0.1) is 0 Å². The minimum Gasteiger partial charge on any atom is -0.508 e. The topological polar surface area (TPSA) is 75.1 Å². The van der Waals surface area contributed by atoms with Crippen LogP contribution in [0.5, 0.6) is 5.75 Å². The van der Waals surface area contributed by atoms with E-state index in [1.807, 2.05) is 42.5 Å². The van der Waals surface area contributed by atoms with Crippen LogP contribution in [0.1, 0.15) is 49.8 Å². The lowest BCUT2D eigenvalue weighted by atomic mass is 9.48. The Balaban J connectivity index is 1.30. The molecule has 0 aliphatic heterocycles. The highest BCUT2D eigenvalue weighted by atomic mass is 16.3. The molecule has 1 heterocycles. The largest absolute Gasteiger partial charge is 0.508 e. The highest BCUT2D eigenvalue weighted by molar-refractivity contribution is 5.92. The van der Waals surface area contributed by atoms with Gasteiger partial charge < -0.3 is 10.4 Å². The van der Waals surface area contributed by atoms with E-state index < -0.39 is 0 Å². The summed E-state index contributed by atoms with van der Waals surface area (Å²) in [6.07, 6.45) is 11.0. The van der Waals surface area contributed by atoms with Gasteiger partial charge in [-0.25, -0.2) is 9.97 Å². The lowest BCUT2D eigenvalue weighted by Crippen LogP contribution is -2.47. The minimum absolute atomic E-state index is 0.0651. The monoisotopic (exact) mass is 453 g/mol. The molecule has 174 valence electrons. The molecule has 5 heteroatoms. The number of aromatic hydroxyl groups is 1. The molecule has 1 amide bonds. The van der Waals surface area contributed by atoms with E-state index in [9.17, 15) is 9.90 Å². The third-order valence-electron chi connectivity index (χ3n) is 8.18. The first-order valence-corrected chi connectivity index (χ1v) is 12.5. The smallest absolute Gasteiger partial charge is 0.229 e. The predicted molar refractivity (Wildman–Crippen MR) is 132 cm³/mol. The molecule has 4 aliphatic rings. The van der Waals surface area contributed by atoms with Crippen LogP contribution < -0.4 is 5.32 Å². The number of carbonyl (C=O) groups is 1. The highest BCUT2D eigenvalue weighted by Crippen LogP contribution is 2.61. The number of phenols is 1. The van der Waals surface area contributed by atoms with Crippen molar-refractivity contribution in [2.45, 2.75) is 51.4 Å². The second-order valence-electron chi connectivity index (χ2n) is 10.9. The van der Waals surface area contributed by atoms with Crippen molar-refractivity contribution in [3.63, 3.8) is 0 Å². The van der Waals surface area contributed by atoms with E-state index in [0.717, 1.165) is 46.7 Å². The molecule has 4 aliphatic carbocycles. The zero-order chi connectivity index (χ0) is 23.1. The van der Waals surface area contributed by atoms with Gasteiger partial charge in [0, 0.05) is 5.56 Å². The highest BCUT2D eigenvalue weighted by Gasteiger charge is 2.51. The number of aromatic nitrogens is 2. The summed E-state index contributed by atoms with van der Waals surface area (Å²) in [7, 11) is 0. The molecule has 0 unspecified atom stereocenters. The Morgan fingerprint density at radius 3 is 2.24 bits per heavy atom. The summed E-state index contributed by atoms with van der Waals surface area (Å²) in [5.74, 6) is 3.33. The fraction of sp³-hybridized carbons (Fsp3) is 0.414. The van der Waals surface area contributed by atoms with Gasteiger partial charge in [0.05, 0.1) is 24.0 Å².